The molecule has 7 nitrogen and oxygen atoms in total. The van der Waals surface area contributed by atoms with Gasteiger partial charge in [0.2, 0.25) is 5.91 Å². The number of pyridine rings is 1. The van der Waals surface area contributed by atoms with Crippen LogP contribution in [0.25, 0.3) is 0 Å². The summed E-state index contributed by atoms with van der Waals surface area (Å²) in [5, 5.41) is 2.82. The summed E-state index contributed by atoms with van der Waals surface area (Å²) >= 11 is 6.20. The van der Waals surface area contributed by atoms with Gasteiger partial charge < -0.3 is 10.1 Å². The van der Waals surface area contributed by atoms with E-state index in [-0.39, 0.29) is 18.4 Å². The molecule has 1 aliphatic heterocycles. The molecular weight excluding hydrogens is 677 g/mol. The summed E-state index contributed by atoms with van der Waals surface area (Å²) in [6.07, 6.45) is 2.84. The zero-order chi connectivity index (χ0) is 18.7. The Labute approximate surface area is 192 Å². The second-order valence-corrected chi connectivity index (χ2v) is 10.2. The number of nitrogens with zero attached hydrogens (tertiary/aromatic N) is 3. The highest BCUT2D eigenvalue weighted by molar-refractivity contribution is 14.2. The van der Waals surface area contributed by atoms with E-state index in [1.165, 1.54) is 3.11 Å². The van der Waals surface area contributed by atoms with E-state index in [1.54, 1.807) is 24.4 Å². The van der Waals surface area contributed by atoms with E-state index in [4.69, 9.17) is 4.74 Å². The Balaban J connectivity index is 1.60. The smallest absolute Gasteiger partial charge is 0.275 e. The van der Waals surface area contributed by atoms with Crippen molar-refractivity contribution in [3.8, 4) is 5.75 Å². The van der Waals surface area contributed by atoms with Gasteiger partial charge in [0.1, 0.15) is 11.6 Å². The Bertz CT molecular complexity index is 830. The van der Waals surface area contributed by atoms with Crippen LogP contribution >= 0.6 is 68.6 Å². The minimum absolute atomic E-state index is 0.0219. The Morgan fingerprint density at radius 2 is 2.00 bits per heavy atom. The molecule has 26 heavy (non-hydrogen) atoms. The van der Waals surface area contributed by atoms with Crippen LogP contribution in [0.2, 0.25) is 0 Å². The number of fused-ring (bicyclic) bond motifs is 1. The van der Waals surface area contributed by atoms with E-state index in [1.807, 2.05) is 36.3 Å². The zero-order valence-electron chi connectivity index (χ0n) is 13.3. The number of anilines is 3. The van der Waals surface area contributed by atoms with Gasteiger partial charge in [-0.05, 0) is 42.3 Å². The Morgan fingerprint density at radius 3 is 2.69 bits per heavy atom. The highest BCUT2D eigenvalue weighted by atomic mass is 127. The highest BCUT2D eigenvalue weighted by Crippen LogP contribution is 2.27. The first-order chi connectivity index (χ1) is 12.4. The number of hydrogen-bond acceptors (Lipinski definition) is 5. The fourth-order valence-corrected chi connectivity index (χ4v) is 3.37. The molecule has 2 aromatic rings. The van der Waals surface area contributed by atoms with Gasteiger partial charge in [-0.3, -0.25) is 10.9 Å². The van der Waals surface area contributed by atoms with E-state index in [0.29, 0.717) is 24.4 Å². The molecule has 0 spiro atoms. The first-order valence-electron chi connectivity index (χ1n) is 7.56. The van der Waals surface area contributed by atoms with Crippen molar-refractivity contribution in [3.63, 3.8) is 0 Å². The van der Waals surface area contributed by atoms with Crippen molar-refractivity contribution >= 4 is 97.6 Å². The molecule has 2 amide bonds. The van der Waals surface area contributed by atoms with Crippen molar-refractivity contribution < 1.29 is 14.3 Å². The SMILES string of the molecule is O=C1CCc2cc(OCC(=O)N(I)c3ccc(N(I)I)cn3)ccc2N1. The zero-order valence-corrected chi connectivity index (χ0v) is 19.8. The van der Waals surface area contributed by atoms with Crippen molar-refractivity contribution in [2.75, 3.05) is 16.4 Å². The third kappa shape index (κ3) is 4.88. The lowest BCUT2D eigenvalue weighted by atomic mass is 10.0. The number of carbonyl (C=O) groups is 2. The van der Waals surface area contributed by atoms with Gasteiger partial charge in [0.25, 0.3) is 5.91 Å². The fourth-order valence-electron chi connectivity index (χ4n) is 2.37. The lowest BCUT2D eigenvalue weighted by Crippen LogP contribution is -2.27. The van der Waals surface area contributed by atoms with E-state index in [0.717, 1.165) is 16.9 Å². The van der Waals surface area contributed by atoms with Crippen molar-refractivity contribution in [3.05, 3.63) is 42.1 Å². The van der Waals surface area contributed by atoms with Crippen molar-refractivity contribution in [1.82, 2.24) is 4.98 Å². The monoisotopic (exact) mass is 690 g/mol. The molecular formula is C16H13I3N4O3. The van der Waals surface area contributed by atoms with E-state index in [2.05, 4.69) is 56.0 Å². The molecule has 0 radical (unpaired) electrons. The first kappa shape index (κ1) is 19.9. The number of ether oxygens (including phenoxy) is 1. The number of carbonyl (C=O) groups excluding carboxylic acids is 2. The van der Waals surface area contributed by atoms with Crippen LogP contribution in [0.3, 0.4) is 0 Å². The standard InChI is InChI=1S/C16H13I3N4O3/c17-22(14-5-2-11(8-20-14)23(18)19)16(25)9-26-12-3-4-13-10(7-12)1-6-15(24)21-13/h2-5,7-8H,1,6,9H2,(H,21,24). The number of halogens is 3. The van der Waals surface area contributed by atoms with Crippen LogP contribution in [-0.4, -0.2) is 23.4 Å². The number of hydrogen-bond donors (Lipinski definition) is 1. The second-order valence-electron chi connectivity index (χ2n) is 5.44. The fraction of sp³-hybridized carbons (Fsp3) is 0.188. The summed E-state index contributed by atoms with van der Waals surface area (Å²) < 4.78 is 8.94. The minimum atomic E-state index is -0.210. The van der Waals surface area contributed by atoms with Gasteiger partial charge >= 0.3 is 0 Å². The van der Waals surface area contributed by atoms with Crippen LogP contribution in [-0.2, 0) is 16.0 Å². The van der Waals surface area contributed by atoms with Crippen LogP contribution in [0.4, 0.5) is 17.2 Å². The van der Waals surface area contributed by atoms with Crippen molar-refractivity contribution in [2.24, 2.45) is 0 Å². The summed E-state index contributed by atoms with van der Waals surface area (Å²) in [5.74, 6) is 0.962. The van der Waals surface area contributed by atoms with Gasteiger partial charge in [0.15, 0.2) is 6.61 Å². The number of aryl methyl sites for hydroxylation is 1. The number of benzene rings is 1. The minimum Gasteiger partial charge on any atom is -0.484 e. The average molecular weight is 690 g/mol. The predicted molar refractivity (Wildman–Crippen MR) is 125 cm³/mol. The molecule has 136 valence electrons. The van der Waals surface area contributed by atoms with Crippen molar-refractivity contribution in [1.29, 1.82) is 0 Å². The number of amides is 2. The molecule has 0 atom stereocenters. The lowest BCUT2D eigenvalue weighted by Gasteiger charge is -2.18. The van der Waals surface area contributed by atoms with E-state index >= 15 is 0 Å². The summed E-state index contributed by atoms with van der Waals surface area (Å²) in [6.45, 7) is -0.0950. The van der Waals surface area contributed by atoms with Crippen LogP contribution in [0, 0.1) is 0 Å². The molecule has 1 N–H and O–H groups in total. The van der Waals surface area contributed by atoms with Gasteiger partial charge in [-0.25, -0.2) is 8.10 Å². The molecule has 0 saturated heterocycles. The second kappa shape index (κ2) is 8.86. The van der Waals surface area contributed by atoms with Gasteiger partial charge in [-0.15, -0.1) is 0 Å². The molecule has 0 bridgehead atoms. The van der Waals surface area contributed by atoms with Gasteiger partial charge in [-0.1, -0.05) is 0 Å². The Kier molecular flexibility index (Phi) is 6.76. The summed E-state index contributed by atoms with van der Waals surface area (Å²) in [6, 6.07) is 9.08. The van der Waals surface area contributed by atoms with Crippen LogP contribution in [0.15, 0.2) is 36.5 Å². The Hall–Kier alpha value is -0.900. The molecule has 10 heteroatoms. The molecule has 1 aromatic carbocycles. The van der Waals surface area contributed by atoms with Crippen LogP contribution < -0.4 is 14.5 Å². The molecule has 1 aromatic heterocycles. The topological polar surface area (TPSA) is 74.8 Å². The van der Waals surface area contributed by atoms with E-state index in [9.17, 15) is 9.59 Å². The third-order valence-electron chi connectivity index (χ3n) is 3.68. The largest absolute Gasteiger partial charge is 0.484 e. The van der Waals surface area contributed by atoms with Gasteiger partial charge in [0.05, 0.1) is 80.5 Å². The molecule has 0 aliphatic carbocycles. The van der Waals surface area contributed by atoms with Crippen molar-refractivity contribution in [2.45, 2.75) is 12.8 Å². The normalized spacial score (nSPS) is 12.8. The summed E-state index contributed by atoms with van der Waals surface area (Å²) in [5.41, 5.74) is 2.75. The third-order valence-corrected chi connectivity index (χ3v) is 5.83. The quantitative estimate of drug-likeness (QED) is 0.376. The highest BCUT2D eigenvalue weighted by Gasteiger charge is 2.17. The summed E-state index contributed by atoms with van der Waals surface area (Å²) in [4.78, 5) is 28.0. The number of nitrogens with one attached hydrogen (secondary N) is 1. The maximum absolute atomic E-state index is 12.4. The maximum atomic E-state index is 12.4. The lowest BCUT2D eigenvalue weighted by molar-refractivity contribution is -0.119. The van der Waals surface area contributed by atoms with Crippen LogP contribution in [0.5, 0.6) is 5.75 Å². The number of rotatable bonds is 5. The molecule has 2 heterocycles. The number of aromatic nitrogens is 1. The molecule has 0 saturated carbocycles. The van der Waals surface area contributed by atoms with Gasteiger partial charge in [-0.2, -0.15) is 0 Å². The molecule has 1 aliphatic rings. The molecule has 0 fully saturated rings. The van der Waals surface area contributed by atoms with E-state index < -0.39 is 0 Å². The first-order valence-corrected chi connectivity index (χ1v) is 10.5. The maximum Gasteiger partial charge on any atom is 0.275 e. The van der Waals surface area contributed by atoms with Crippen LogP contribution in [0.1, 0.15) is 12.0 Å². The Morgan fingerprint density at radius 1 is 1.19 bits per heavy atom. The average Bonchev–Trinajstić information content (AvgIpc) is 2.65. The summed E-state index contributed by atoms with van der Waals surface area (Å²) in [7, 11) is 0. The predicted octanol–water partition coefficient (Wildman–Crippen LogP) is 4.23. The molecule has 3 rings (SSSR count). The van der Waals surface area contributed by atoms with Gasteiger partial charge in [0, 0.05) is 12.1 Å². The molecule has 0 unspecified atom stereocenters.